The molecule has 7 heteroatoms. The second-order valence-electron chi connectivity index (χ2n) is 8.85. The summed E-state index contributed by atoms with van der Waals surface area (Å²) in [5, 5.41) is 3.18. The number of nitrogens with one attached hydrogen (secondary N) is 1. The topological polar surface area (TPSA) is 75.7 Å². The van der Waals surface area contributed by atoms with E-state index in [1.54, 1.807) is 12.1 Å². The normalized spacial score (nSPS) is 20.4. The first kappa shape index (κ1) is 22.8. The van der Waals surface area contributed by atoms with Crippen LogP contribution in [0.2, 0.25) is 0 Å². The Kier molecular flexibility index (Phi) is 6.32. The van der Waals surface area contributed by atoms with E-state index in [2.05, 4.69) is 19.2 Å². The monoisotopic (exact) mass is 456 g/mol. The third-order valence-electron chi connectivity index (χ3n) is 6.95. The quantitative estimate of drug-likeness (QED) is 0.690. The van der Waals surface area contributed by atoms with Crippen molar-refractivity contribution >= 4 is 15.9 Å². The van der Waals surface area contributed by atoms with E-state index in [4.69, 9.17) is 4.74 Å². The summed E-state index contributed by atoms with van der Waals surface area (Å²) < 4.78 is 33.9. The minimum Gasteiger partial charge on any atom is -0.487 e. The number of benzene rings is 2. The molecule has 1 atom stereocenters. The largest absolute Gasteiger partial charge is 0.487 e. The van der Waals surface area contributed by atoms with Gasteiger partial charge < -0.3 is 10.1 Å². The second kappa shape index (κ2) is 8.87. The molecule has 0 radical (unpaired) electrons. The zero-order valence-corrected chi connectivity index (χ0v) is 19.9. The van der Waals surface area contributed by atoms with Gasteiger partial charge in [-0.3, -0.25) is 4.79 Å². The van der Waals surface area contributed by atoms with E-state index in [0.29, 0.717) is 25.1 Å². The number of carbonyl (C=O) groups excluding carboxylic acids is 1. The molecule has 32 heavy (non-hydrogen) atoms. The van der Waals surface area contributed by atoms with Crippen LogP contribution < -0.4 is 10.1 Å². The number of hydrogen-bond acceptors (Lipinski definition) is 4. The number of aryl methyl sites for hydroxylation is 1. The molecule has 0 aliphatic carbocycles. The van der Waals surface area contributed by atoms with Crippen LogP contribution in [0, 0.1) is 6.92 Å². The number of fused-ring (bicyclic) bond motifs is 1. The standard InChI is InChI=1S/C25H32N2O4S/c1-4-25(5-2)17-22(20-10-6-7-11-23(20)31-25)26-24(28)21-16-19(13-12-18(21)3)32(29,30)27-14-8-9-15-27/h6-7,10-13,16,22H,4-5,8-9,14-15,17H2,1-3H3,(H,26,28)/t22-/m0/s1. The van der Waals surface area contributed by atoms with E-state index in [0.717, 1.165) is 42.6 Å². The molecule has 2 aromatic carbocycles. The van der Waals surface area contributed by atoms with Gasteiger partial charge in [0.2, 0.25) is 10.0 Å². The van der Waals surface area contributed by atoms with Crippen molar-refractivity contribution in [2.24, 2.45) is 0 Å². The van der Waals surface area contributed by atoms with Crippen molar-refractivity contribution in [1.29, 1.82) is 0 Å². The lowest BCUT2D eigenvalue weighted by atomic mass is 9.83. The van der Waals surface area contributed by atoms with E-state index in [-0.39, 0.29) is 22.4 Å². The van der Waals surface area contributed by atoms with Crippen LogP contribution >= 0.6 is 0 Å². The Morgan fingerprint density at radius 1 is 1.12 bits per heavy atom. The van der Waals surface area contributed by atoms with Crippen molar-refractivity contribution in [2.75, 3.05) is 13.1 Å². The lowest BCUT2D eigenvalue weighted by Gasteiger charge is -2.41. The molecular weight excluding hydrogens is 424 g/mol. The molecule has 0 unspecified atom stereocenters. The van der Waals surface area contributed by atoms with Crippen LogP contribution in [0.5, 0.6) is 5.75 Å². The number of amides is 1. The van der Waals surface area contributed by atoms with E-state index in [1.807, 2.05) is 31.2 Å². The molecule has 2 aliphatic heterocycles. The van der Waals surface area contributed by atoms with Gasteiger partial charge in [0.25, 0.3) is 5.91 Å². The molecule has 4 rings (SSSR count). The van der Waals surface area contributed by atoms with Crippen molar-refractivity contribution in [3.05, 3.63) is 59.2 Å². The Morgan fingerprint density at radius 2 is 1.81 bits per heavy atom. The number of sulfonamides is 1. The predicted molar refractivity (Wildman–Crippen MR) is 124 cm³/mol. The van der Waals surface area contributed by atoms with Gasteiger partial charge in [0.05, 0.1) is 10.9 Å². The fourth-order valence-electron chi connectivity index (χ4n) is 4.75. The molecule has 2 heterocycles. The van der Waals surface area contributed by atoms with Crippen LogP contribution in [0.4, 0.5) is 0 Å². The van der Waals surface area contributed by atoms with Gasteiger partial charge in [0.1, 0.15) is 11.4 Å². The molecule has 2 aliphatic rings. The zero-order chi connectivity index (χ0) is 22.9. The smallest absolute Gasteiger partial charge is 0.252 e. The van der Waals surface area contributed by atoms with Crippen LogP contribution in [0.25, 0.3) is 0 Å². The average Bonchev–Trinajstić information content (AvgIpc) is 3.35. The molecule has 6 nitrogen and oxygen atoms in total. The molecular formula is C25H32N2O4S. The van der Waals surface area contributed by atoms with E-state index < -0.39 is 10.0 Å². The summed E-state index contributed by atoms with van der Waals surface area (Å²) in [6.07, 6.45) is 4.10. The van der Waals surface area contributed by atoms with Gasteiger partial charge in [-0.25, -0.2) is 8.42 Å². The molecule has 172 valence electrons. The number of nitrogens with zero attached hydrogens (tertiary/aromatic N) is 1. The van der Waals surface area contributed by atoms with Crippen molar-refractivity contribution in [3.63, 3.8) is 0 Å². The van der Waals surface area contributed by atoms with Crippen LogP contribution in [0.15, 0.2) is 47.4 Å². The van der Waals surface area contributed by atoms with Crippen LogP contribution in [-0.4, -0.2) is 37.3 Å². The summed E-state index contributed by atoms with van der Waals surface area (Å²) in [7, 11) is -3.59. The van der Waals surface area contributed by atoms with Crippen LogP contribution in [-0.2, 0) is 10.0 Å². The van der Waals surface area contributed by atoms with Crippen molar-refractivity contribution < 1.29 is 17.9 Å². The van der Waals surface area contributed by atoms with Crippen molar-refractivity contribution in [1.82, 2.24) is 9.62 Å². The summed E-state index contributed by atoms with van der Waals surface area (Å²) in [6, 6.07) is 12.5. The predicted octanol–water partition coefficient (Wildman–Crippen LogP) is 4.59. The Morgan fingerprint density at radius 3 is 2.50 bits per heavy atom. The molecule has 0 spiro atoms. The lowest BCUT2D eigenvalue weighted by Crippen LogP contribution is -2.44. The molecule has 1 N–H and O–H groups in total. The third-order valence-corrected chi connectivity index (χ3v) is 8.84. The fourth-order valence-corrected chi connectivity index (χ4v) is 6.29. The van der Waals surface area contributed by atoms with E-state index in [1.165, 1.54) is 10.4 Å². The van der Waals surface area contributed by atoms with Crippen LogP contribution in [0.3, 0.4) is 0 Å². The van der Waals surface area contributed by atoms with Gasteiger partial charge in [-0.1, -0.05) is 38.1 Å². The summed E-state index contributed by atoms with van der Waals surface area (Å²) in [5.74, 6) is 0.540. The summed E-state index contributed by atoms with van der Waals surface area (Å²) in [6.45, 7) is 7.11. The molecule has 1 saturated heterocycles. The minimum absolute atomic E-state index is 0.180. The highest BCUT2D eigenvalue weighted by molar-refractivity contribution is 7.89. The highest BCUT2D eigenvalue weighted by atomic mass is 32.2. The Labute approximate surface area is 191 Å². The number of para-hydroxylation sites is 1. The van der Waals surface area contributed by atoms with Gasteiger partial charge in [-0.05, 0) is 56.4 Å². The molecule has 0 bridgehead atoms. The highest BCUT2D eigenvalue weighted by Gasteiger charge is 2.39. The van der Waals surface area contributed by atoms with Gasteiger partial charge in [-0.15, -0.1) is 0 Å². The first-order valence-corrected chi connectivity index (χ1v) is 12.9. The fraction of sp³-hybridized carbons (Fsp3) is 0.480. The summed E-state index contributed by atoms with van der Waals surface area (Å²) in [5.41, 5.74) is 1.77. The van der Waals surface area contributed by atoms with Crippen LogP contribution in [0.1, 0.15) is 73.5 Å². The van der Waals surface area contributed by atoms with Gasteiger partial charge in [0, 0.05) is 30.6 Å². The Balaban J connectivity index is 1.64. The summed E-state index contributed by atoms with van der Waals surface area (Å²) >= 11 is 0. The number of ether oxygens (including phenoxy) is 1. The third kappa shape index (κ3) is 4.16. The SMILES string of the molecule is CCC1(CC)C[C@H](NC(=O)c2cc(S(=O)(=O)N3CCCC3)ccc2C)c2ccccc2O1. The zero-order valence-electron chi connectivity index (χ0n) is 19.1. The first-order valence-electron chi connectivity index (χ1n) is 11.5. The highest BCUT2D eigenvalue weighted by Crippen LogP contribution is 2.42. The number of rotatable bonds is 6. The molecule has 2 aromatic rings. The maximum atomic E-state index is 13.4. The van der Waals surface area contributed by atoms with Crippen molar-refractivity contribution in [3.8, 4) is 5.75 Å². The van der Waals surface area contributed by atoms with Gasteiger partial charge >= 0.3 is 0 Å². The maximum absolute atomic E-state index is 13.4. The first-order chi connectivity index (χ1) is 15.3. The lowest BCUT2D eigenvalue weighted by molar-refractivity contribution is 0.0227. The second-order valence-corrected chi connectivity index (χ2v) is 10.8. The Bertz CT molecular complexity index is 1100. The van der Waals surface area contributed by atoms with E-state index in [9.17, 15) is 13.2 Å². The minimum atomic E-state index is -3.59. The molecule has 0 aromatic heterocycles. The maximum Gasteiger partial charge on any atom is 0.252 e. The molecule has 1 amide bonds. The van der Waals surface area contributed by atoms with E-state index >= 15 is 0 Å². The van der Waals surface area contributed by atoms with Gasteiger partial charge in [0.15, 0.2) is 0 Å². The number of carbonyl (C=O) groups is 1. The molecule has 1 fully saturated rings. The van der Waals surface area contributed by atoms with Gasteiger partial charge in [-0.2, -0.15) is 4.31 Å². The van der Waals surface area contributed by atoms with Crippen molar-refractivity contribution in [2.45, 2.75) is 69.4 Å². The Hall–Kier alpha value is -2.38. The molecule has 0 saturated carbocycles. The average molecular weight is 457 g/mol. The summed E-state index contributed by atoms with van der Waals surface area (Å²) in [4.78, 5) is 13.6. The number of hydrogen-bond donors (Lipinski definition) is 1.